The van der Waals surface area contributed by atoms with Gasteiger partial charge in [-0.3, -0.25) is 0 Å². The van der Waals surface area contributed by atoms with Gasteiger partial charge in [0.15, 0.2) is 0 Å². The van der Waals surface area contributed by atoms with Crippen LogP contribution in [0.5, 0.6) is 5.75 Å². The molecule has 0 saturated carbocycles. The Kier molecular flexibility index (Phi) is 6.19. The molecule has 1 aromatic rings. The van der Waals surface area contributed by atoms with Crippen LogP contribution >= 0.6 is 0 Å². The molecule has 1 atom stereocenters. The number of halogens is 5. The van der Waals surface area contributed by atoms with Crippen LogP contribution in [0.1, 0.15) is 31.4 Å². The van der Waals surface area contributed by atoms with Gasteiger partial charge in [0, 0.05) is 12.5 Å². The van der Waals surface area contributed by atoms with Gasteiger partial charge >= 0.3 is 12.8 Å². The molecule has 0 aliphatic heterocycles. The molecule has 7 heteroatoms. The van der Waals surface area contributed by atoms with Crippen LogP contribution in [0.2, 0.25) is 0 Å². The molecule has 0 spiro atoms. The van der Waals surface area contributed by atoms with E-state index < -0.39 is 25.3 Å². The number of alkyl halides is 5. The first-order valence-corrected chi connectivity index (χ1v) is 6.16. The normalized spacial score (nSPS) is 13.6. The number of nitrogens with one attached hydrogen (secondary N) is 1. The molecule has 0 bridgehead atoms. The van der Waals surface area contributed by atoms with Gasteiger partial charge in [0.2, 0.25) is 0 Å². The van der Waals surface area contributed by atoms with E-state index in [-0.39, 0.29) is 12.2 Å². The molecule has 20 heavy (non-hydrogen) atoms. The quantitative estimate of drug-likeness (QED) is 0.758. The molecular formula is C13H16F5NO. The molecule has 0 aliphatic carbocycles. The standard InChI is InChI=1S/C13H16F5NO/c1-2-19-11(7-8-13(16,17)18)9-3-5-10(6-4-9)20-12(14)15/h3-6,11-12,19H,2,7-8H2,1H3. The Hall–Kier alpha value is -1.37. The van der Waals surface area contributed by atoms with Crippen LogP contribution in [0.25, 0.3) is 0 Å². The summed E-state index contributed by atoms with van der Waals surface area (Å²) in [5, 5.41) is 2.94. The van der Waals surface area contributed by atoms with Crippen LogP contribution in [0.4, 0.5) is 22.0 Å². The molecule has 0 aromatic heterocycles. The predicted octanol–water partition coefficient (Wildman–Crippen LogP) is 4.28. The van der Waals surface area contributed by atoms with E-state index in [2.05, 4.69) is 10.1 Å². The summed E-state index contributed by atoms with van der Waals surface area (Å²) in [6, 6.07) is 5.14. The highest BCUT2D eigenvalue weighted by Gasteiger charge is 2.28. The van der Waals surface area contributed by atoms with E-state index in [0.717, 1.165) is 0 Å². The zero-order valence-corrected chi connectivity index (χ0v) is 10.9. The molecule has 1 unspecified atom stereocenters. The van der Waals surface area contributed by atoms with Gasteiger partial charge in [-0.2, -0.15) is 22.0 Å². The monoisotopic (exact) mass is 297 g/mol. The SMILES string of the molecule is CCNC(CCC(F)(F)F)c1ccc(OC(F)F)cc1. The summed E-state index contributed by atoms with van der Waals surface area (Å²) < 4.78 is 64.9. The fraction of sp³-hybridized carbons (Fsp3) is 0.538. The van der Waals surface area contributed by atoms with Crippen molar-refractivity contribution in [2.45, 2.75) is 38.6 Å². The lowest BCUT2D eigenvalue weighted by Gasteiger charge is -2.19. The first kappa shape index (κ1) is 16.7. The summed E-state index contributed by atoms with van der Waals surface area (Å²) in [5.74, 6) is -0.0187. The van der Waals surface area contributed by atoms with Gasteiger partial charge in [-0.05, 0) is 30.7 Å². The molecule has 114 valence electrons. The third kappa shape index (κ3) is 6.18. The van der Waals surface area contributed by atoms with Crippen molar-refractivity contribution in [3.05, 3.63) is 29.8 Å². The van der Waals surface area contributed by atoms with Gasteiger partial charge in [-0.1, -0.05) is 19.1 Å². The Morgan fingerprint density at radius 1 is 1.15 bits per heavy atom. The van der Waals surface area contributed by atoms with Crippen molar-refractivity contribution in [3.8, 4) is 5.75 Å². The maximum absolute atomic E-state index is 12.2. The van der Waals surface area contributed by atoms with E-state index in [1.807, 2.05) is 0 Å². The van der Waals surface area contributed by atoms with E-state index in [1.165, 1.54) is 24.3 Å². The minimum atomic E-state index is -4.22. The van der Waals surface area contributed by atoms with Gasteiger partial charge in [0.1, 0.15) is 5.75 Å². The van der Waals surface area contributed by atoms with Crippen molar-refractivity contribution < 1.29 is 26.7 Å². The molecule has 1 rings (SSSR count). The first-order valence-electron chi connectivity index (χ1n) is 6.16. The maximum Gasteiger partial charge on any atom is 0.389 e. The number of hydrogen-bond donors (Lipinski definition) is 1. The van der Waals surface area contributed by atoms with Crippen LogP contribution in [-0.4, -0.2) is 19.3 Å². The largest absolute Gasteiger partial charge is 0.435 e. The molecule has 0 radical (unpaired) electrons. The Labute approximate surface area is 113 Å². The lowest BCUT2D eigenvalue weighted by atomic mass is 10.0. The van der Waals surface area contributed by atoms with Gasteiger partial charge in [0.25, 0.3) is 0 Å². The summed E-state index contributed by atoms with van der Waals surface area (Å²) in [4.78, 5) is 0. The van der Waals surface area contributed by atoms with E-state index in [9.17, 15) is 22.0 Å². The van der Waals surface area contributed by atoms with Crippen molar-refractivity contribution in [2.75, 3.05) is 6.54 Å². The number of hydrogen-bond acceptors (Lipinski definition) is 2. The fourth-order valence-electron chi connectivity index (χ4n) is 1.82. The Bertz CT molecular complexity index is 391. The van der Waals surface area contributed by atoms with Crippen molar-refractivity contribution in [3.63, 3.8) is 0 Å². The highest BCUT2D eigenvalue weighted by molar-refractivity contribution is 5.29. The first-order chi connectivity index (χ1) is 9.31. The van der Waals surface area contributed by atoms with Crippen molar-refractivity contribution in [1.29, 1.82) is 0 Å². The highest BCUT2D eigenvalue weighted by atomic mass is 19.4. The minimum Gasteiger partial charge on any atom is -0.435 e. The van der Waals surface area contributed by atoms with Crippen LogP contribution in [0.3, 0.4) is 0 Å². The van der Waals surface area contributed by atoms with Crippen LogP contribution in [-0.2, 0) is 0 Å². The van der Waals surface area contributed by atoms with E-state index >= 15 is 0 Å². The summed E-state index contributed by atoms with van der Waals surface area (Å²) in [5.41, 5.74) is 0.609. The second-order valence-electron chi connectivity index (χ2n) is 4.21. The zero-order valence-electron chi connectivity index (χ0n) is 10.9. The summed E-state index contributed by atoms with van der Waals surface area (Å²) >= 11 is 0. The molecule has 1 aromatic carbocycles. The molecule has 2 nitrogen and oxygen atoms in total. The van der Waals surface area contributed by atoms with Crippen molar-refractivity contribution in [2.24, 2.45) is 0 Å². The summed E-state index contributed by atoms with van der Waals surface area (Å²) in [6.45, 7) is -0.622. The Morgan fingerprint density at radius 3 is 2.20 bits per heavy atom. The number of rotatable bonds is 7. The number of benzene rings is 1. The van der Waals surface area contributed by atoms with Crippen molar-refractivity contribution in [1.82, 2.24) is 5.32 Å². The van der Waals surface area contributed by atoms with Gasteiger partial charge in [0.05, 0.1) is 0 Å². The van der Waals surface area contributed by atoms with Crippen LogP contribution < -0.4 is 10.1 Å². The molecular weight excluding hydrogens is 281 g/mol. The zero-order chi connectivity index (χ0) is 15.2. The third-order valence-corrected chi connectivity index (χ3v) is 2.67. The average molecular weight is 297 g/mol. The van der Waals surface area contributed by atoms with E-state index in [1.54, 1.807) is 6.92 Å². The highest BCUT2D eigenvalue weighted by Crippen LogP contribution is 2.28. The third-order valence-electron chi connectivity index (χ3n) is 2.67. The van der Waals surface area contributed by atoms with Crippen molar-refractivity contribution >= 4 is 0 Å². The summed E-state index contributed by atoms with van der Waals surface area (Å²) in [7, 11) is 0. The molecule has 0 fully saturated rings. The molecule has 1 N–H and O–H groups in total. The second-order valence-corrected chi connectivity index (χ2v) is 4.21. The molecule has 0 heterocycles. The lowest BCUT2D eigenvalue weighted by molar-refractivity contribution is -0.136. The van der Waals surface area contributed by atoms with Gasteiger partial charge in [-0.15, -0.1) is 0 Å². The Morgan fingerprint density at radius 2 is 1.75 bits per heavy atom. The average Bonchev–Trinajstić information content (AvgIpc) is 2.34. The maximum atomic E-state index is 12.2. The molecule has 0 amide bonds. The smallest absolute Gasteiger partial charge is 0.389 e. The molecule has 0 aliphatic rings. The number of ether oxygens (including phenoxy) is 1. The minimum absolute atomic E-state index is 0.0187. The van der Waals surface area contributed by atoms with Crippen LogP contribution in [0.15, 0.2) is 24.3 Å². The Balaban J connectivity index is 2.71. The van der Waals surface area contributed by atoms with Crippen LogP contribution in [0, 0.1) is 0 Å². The van der Waals surface area contributed by atoms with Gasteiger partial charge < -0.3 is 10.1 Å². The van der Waals surface area contributed by atoms with Gasteiger partial charge in [-0.25, -0.2) is 0 Å². The lowest BCUT2D eigenvalue weighted by Crippen LogP contribution is -2.23. The topological polar surface area (TPSA) is 21.3 Å². The molecule has 0 saturated heterocycles. The van der Waals surface area contributed by atoms with E-state index in [0.29, 0.717) is 12.1 Å². The summed E-state index contributed by atoms with van der Waals surface area (Å²) in [6.07, 6.45) is -5.22. The second kappa shape index (κ2) is 7.42. The predicted molar refractivity (Wildman–Crippen MR) is 64.8 cm³/mol. The fourth-order valence-corrected chi connectivity index (χ4v) is 1.82. The van der Waals surface area contributed by atoms with E-state index in [4.69, 9.17) is 0 Å².